The highest BCUT2D eigenvalue weighted by molar-refractivity contribution is 9.10. The van der Waals surface area contributed by atoms with E-state index in [0.717, 1.165) is 29.5 Å². The lowest BCUT2D eigenvalue weighted by molar-refractivity contribution is 0.227. The van der Waals surface area contributed by atoms with Crippen molar-refractivity contribution in [2.75, 3.05) is 13.1 Å². The van der Waals surface area contributed by atoms with Gasteiger partial charge in [-0.15, -0.1) is 0 Å². The number of hydrogen-bond acceptors (Lipinski definition) is 1. The van der Waals surface area contributed by atoms with E-state index >= 15 is 0 Å². The van der Waals surface area contributed by atoms with Crippen LogP contribution in [0.5, 0.6) is 0 Å². The second kappa shape index (κ2) is 8.14. The Labute approximate surface area is 130 Å². The van der Waals surface area contributed by atoms with Crippen LogP contribution < -0.4 is 5.32 Å². The maximum Gasteiger partial charge on any atom is 0.126 e. The summed E-state index contributed by atoms with van der Waals surface area (Å²) >= 11 is 3.45. The molecule has 3 heteroatoms. The lowest BCUT2D eigenvalue weighted by Gasteiger charge is -2.32. The van der Waals surface area contributed by atoms with Gasteiger partial charge in [-0.05, 0) is 74.4 Å². The van der Waals surface area contributed by atoms with E-state index in [-0.39, 0.29) is 5.82 Å². The molecule has 2 rings (SSSR count). The van der Waals surface area contributed by atoms with Gasteiger partial charge in [0.15, 0.2) is 0 Å². The first-order chi connectivity index (χ1) is 9.70. The molecule has 0 saturated heterocycles. The standard InChI is InChI=1S/C17H25BrFN/c1-2-9-20-12-14-6-4-3-5-13(14)10-15-11-16(18)7-8-17(15)19/h7-8,11,13-14,20H,2-6,9-10,12H2,1H3. The van der Waals surface area contributed by atoms with Crippen molar-refractivity contribution in [1.82, 2.24) is 5.32 Å². The van der Waals surface area contributed by atoms with E-state index in [4.69, 9.17) is 0 Å². The summed E-state index contributed by atoms with van der Waals surface area (Å²) in [6.45, 7) is 4.38. The molecule has 1 aromatic rings. The molecule has 1 aliphatic carbocycles. The first-order valence-corrected chi connectivity index (χ1v) is 8.64. The highest BCUT2D eigenvalue weighted by Crippen LogP contribution is 2.33. The largest absolute Gasteiger partial charge is 0.316 e. The molecule has 1 aliphatic rings. The summed E-state index contributed by atoms with van der Waals surface area (Å²) in [7, 11) is 0. The quantitative estimate of drug-likeness (QED) is 0.723. The molecule has 0 aliphatic heterocycles. The maximum absolute atomic E-state index is 13.9. The average Bonchev–Trinajstić information content (AvgIpc) is 2.45. The summed E-state index contributed by atoms with van der Waals surface area (Å²) in [5.74, 6) is 1.27. The fourth-order valence-corrected chi connectivity index (χ4v) is 3.68. The molecular formula is C17H25BrFN. The molecule has 0 radical (unpaired) electrons. The smallest absolute Gasteiger partial charge is 0.126 e. The zero-order valence-electron chi connectivity index (χ0n) is 12.3. The van der Waals surface area contributed by atoms with Crippen LogP contribution in [-0.2, 0) is 6.42 Å². The van der Waals surface area contributed by atoms with Gasteiger partial charge in [0.05, 0.1) is 0 Å². The summed E-state index contributed by atoms with van der Waals surface area (Å²) in [5.41, 5.74) is 0.867. The summed E-state index contributed by atoms with van der Waals surface area (Å²) in [6.07, 6.45) is 7.21. The van der Waals surface area contributed by atoms with Crippen LogP contribution in [0, 0.1) is 17.7 Å². The SMILES string of the molecule is CCCNCC1CCCCC1Cc1cc(Br)ccc1F. The van der Waals surface area contributed by atoms with Gasteiger partial charge in [-0.3, -0.25) is 0 Å². The van der Waals surface area contributed by atoms with Crippen LogP contribution in [0.4, 0.5) is 4.39 Å². The zero-order chi connectivity index (χ0) is 14.4. The molecular weight excluding hydrogens is 317 g/mol. The number of benzene rings is 1. The lowest BCUT2D eigenvalue weighted by Crippen LogP contribution is -2.32. The minimum atomic E-state index is -0.0564. The molecule has 20 heavy (non-hydrogen) atoms. The van der Waals surface area contributed by atoms with Crippen molar-refractivity contribution in [2.24, 2.45) is 11.8 Å². The molecule has 112 valence electrons. The first kappa shape index (κ1) is 16.0. The monoisotopic (exact) mass is 341 g/mol. The van der Waals surface area contributed by atoms with Crippen molar-refractivity contribution < 1.29 is 4.39 Å². The number of rotatable bonds is 6. The lowest BCUT2D eigenvalue weighted by atomic mass is 9.76. The minimum Gasteiger partial charge on any atom is -0.316 e. The van der Waals surface area contributed by atoms with Gasteiger partial charge in [0.25, 0.3) is 0 Å². The molecule has 0 amide bonds. The Morgan fingerprint density at radius 2 is 2.00 bits per heavy atom. The predicted molar refractivity (Wildman–Crippen MR) is 86.4 cm³/mol. The van der Waals surface area contributed by atoms with Gasteiger partial charge in [0.2, 0.25) is 0 Å². The minimum absolute atomic E-state index is 0.0564. The molecule has 1 saturated carbocycles. The number of hydrogen-bond donors (Lipinski definition) is 1. The molecule has 0 heterocycles. The van der Waals surface area contributed by atoms with Crippen LogP contribution in [-0.4, -0.2) is 13.1 Å². The van der Waals surface area contributed by atoms with Gasteiger partial charge >= 0.3 is 0 Å². The van der Waals surface area contributed by atoms with Crippen LogP contribution in [0.25, 0.3) is 0 Å². The maximum atomic E-state index is 13.9. The second-order valence-electron chi connectivity index (χ2n) is 5.95. The molecule has 2 unspecified atom stereocenters. The fourth-order valence-electron chi connectivity index (χ4n) is 3.27. The Morgan fingerprint density at radius 3 is 2.75 bits per heavy atom. The Bertz CT molecular complexity index is 421. The van der Waals surface area contributed by atoms with Crippen molar-refractivity contribution in [3.8, 4) is 0 Å². The fraction of sp³-hybridized carbons (Fsp3) is 0.647. The molecule has 1 N–H and O–H groups in total. The van der Waals surface area contributed by atoms with Crippen molar-refractivity contribution in [3.63, 3.8) is 0 Å². The van der Waals surface area contributed by atoms with Gasteiger partial charge in [-0.1, -0.05) is 35.7 Å². The van der Waals surface area contributed by atoms with Crippen LogP contribution >= 0.6 is 15.9 Å². The average molecular weight is 342 g/mol. The molecule has 1 aromatic carbocycles. The molecule has 1 fully saturated rings. The molecule has 0 aromatic heterocycles. The van der Waals surface area contributed by atoms with E-state index in [9.17, 15) is 4.39 Å². The van der Waals surface area contributed by atoms with Crippen LogP contribution in [0.2, 0.25) is 0 Å². The van der Waals surface area contributed by atoms with Gasteiger partial charge in [0, 0.05) is 4.47 Å². The van der Waals surface area contributed by atoms with Crippen LogP contribution in [0.1, 0.15) is 44.6 Å². The summed E-state index contributed by atoms with van der Waals surface area (Å²) in [4.78, 5) is 0. The van der Waals surface area contributed by atoms with Crippen molar-refractivity contribution in [1.29, 1.82) is 0 Å². The zero-order valence-corrected chi connectivity index (χ0v) is 13.9. The Hall–Kier alpha value is -0.410. The van der Waals surface area contributed by atoms with Gasteiger partial charge in [-0.2, -0.15) is 0 Å². The van der Waals surface area contributed by atoms with Crippen LogP contribution in [0.15, 0.2) is 22.7 Å². The highest BCUT2D eigenvalue weighted by Gasteiger charge is 2.25. The Kier molecular flexibility index (Phi) is 6.50. The molecule has 2 atom stereocenters. The van der Waals surface area contributed by atoms with E-state index in [1.54, 1.807) is 12.1 Å². The summed E-state index contributed by atoms with van der Waals surface area (Å²) < 4.78 is 14.9. The normalized spacial score (nSPS) is 22.9. The highest BCUT2D eigenvalue weighted by atomic mass is 79.9. The number of nitrogens with one attached hydrogen (secondary N) is 1. The van der Waals surface area contributed by atoms with Gasteiger partial charge in [-0.25, -0.2) is 4.39 Å². The summed E-state index contributed by atoms with van der Waals surface area (Å²) in [6, 6.07) is 5.30. The molecule has 1 nitrogen and oxygen atoms in total. The third-order valence-corrected chi connectivity index (χ3v) is 4.88. The van der Waals surface area contributed by atoms with E-state index in [1.165, 1.54) is 32.1 Å². The van der Waals surface area contributed by atoms with Crippen molar-refractivity contribution in [3.05, 3.63) is 34.1 Å². The molecule has 0 spiro atoms. The van der Waals surface area contributed by atoms with E-state index in [1.807, 2.05) is 6.07 Å². The summed E-state index contributed by atoms with van der Waals surface area (Å²) in [5, 5.41) is 3.54. The predicted octanol–water partition coefficient (Wildman–Crippen LogP) is 4.94. The van der Waals surface area contributed by atoms with Crippen molar-refractivity contribution >= 4 is 15.9 Å². The number of halogens is 2. The topological polar surface area (TPSA) is 12.0 Å². The second-order valence-corrected chi connectivity index (χ2v) is 6.86. The van der Waals surface area contributed by atoms with E-state index < -0.39 is 0 Å². The van der Waals surface area contributed by atoms with Gasteiger partial charge < -0.3 is 5.32 Å². The third kappa shape index (κ3) is 4.56. The van der Waals surface area contributed by atoms with Gasteiger partial charge in [0.1, 0.15) is 5.82 Å². The van der Waals surface area contributed by atoms with E-state index in [2.05, 4.69) is 28.2 Å². The van der Waals surface area contributed by atoms with Crippen molar-refractivity contribution in [2.45, 2.75) is 45.4 Å². The third-order valence-electron chi connectivity index (χ3n) is 4.39. The molecule has 0 bridgehead atoms. The van der Waals surface area contributed by atoms with E-state index in [0.29, 0.717) is 11.8 Å². The Morgan fingerprint density at radius 1 is 1.25 bits per heavy atom. The first-order valence-electron chi connectivity index (χ1n) is 7.85. The van der Waals surface area contributed by atoms with Crippen LogP contribution in [0.3, 0.4) is 0 Å². The Balaban J connectivity index is 1.98.